The van der Waals surface area contributed by atoms with Gasteiger partial charge in [-0.25, -0.2) is 0 Å². The summed E-state index contributed by atoms with van der Waals surface area (Å²) in [6, 6.07) is 6.26. The fourth-order valence-corrected chi connectivity index (χ4v) is 2.60. The van der Waals surface area contributed by atoms with Crippen LogP contribution in [0.5, 0.6) is 0 Å². The zero-order valence-corrected chi connectivity index (χ0v) is 10.8. The van der Waals surface area contributed by atoms with Gasteiger partial charge in [-0.3, -0.25) is 14.6 Å². The van der Waals surface area contributed by atoms with Gasteiger partial charge < -0.3 is 5.11 Å². The van der Waals surface area contributed by atoms with Gasteiger partial charge in [0, 0.05) is 44.3 Å². The van der Waals surface area contributed by atoms with E-state index in [4.69, 9.17) is 0 Å². The van der Waals surface area contributed by atoms with Crippen LogP contribution in [-0.2, 0) is 19.6 Å². The zero-order valence-electron chi connectivity index (χ0n) is 10.8. The summed E-state index contributed by atoms with van der Waals surface area (Å²) < 4.78 is 2.03. The number of aromatic nitrogens is 3. The molecule has 0 unspecified atom stereocenters. The van der Waals surface area contributed by atoms with Crippen LogP contribution in [0.4, 0.5) is 0 Å². The van der Waals surface area contributed by atoms with Crippen LogP contribution in [0.15, 0.2) is 36.8 Å². The minimum Gasteiger partial charge on any atom is -0.395 e. The van der Waals surface area contributed by atoms with Crippen molar-refractivity contribution in [1.29, 1.82) is 0 Å². The number of aryl methyl sites for hydroxylation is 1. The fourth-order valence-electron chi connectivity index (χ4n) is 2.60. The lowest BCUT2D eigenvalue weighted by molar-refractivity contribution is 0.107. The van der Waals surface area contributed by atoms with Gasteiger partial charge in [-0.1, -0.05) is 6.07 Å². The number of rotatable bonds is 3. The molecule has 1 aliphatic rings. The van der Waals surface area contributed by atoms with E-state index in [-0.39, 0.29) is 12.6 Å². The molecule has 2 aromatic heterocycles. The Balaban J connectivity index is 1.81. The van der Waals surface area contributed by atoms with Gasteiger partial charge >= 0.3 is 0 Å². The Morgan fingerprint density at radius 3 is 3.05 bits per heavy atom. The molecule has 5 nitrogen and oxygen atoms in total. The summed E-state index contributed by atoms with van der Waals surface area (Å²) in [4.78, 5) is 6.46. The molecule has 0 bridgehead atoms. The van der Waals surface area contributed by atoms with Crippen LogP contribution in [0.1, 0.15) is 17.7 Å². The average molecular weight is 258 g/mol. The van der Waals surface area contributed by atoms with Gasteiger partial charge in [0.15, 0.2) is 0 Å². The van der Waals surface area contributed by atoms with E-state index in [1.807, 2.05) is 23.1 Å². The Labute approximate surface area is 112 Å². The van der Waals surface area contributed by atoms with Gasteiger partial charge in [0.2, 0.25) is 0 Å². The first-order valence-corrected chi connectivity index (χ1v) is 6.61. The van der Waals surface area contributed by atoms with Crippen molar-refractivity contribution < 1.29 is 5.11 Å². The van der Waals surface area contributed by atoms with E-state index in [0.29, 0.717) is 0 Å². The van der Waals surface area contributed by atoms with E-state index < -0.39 is 0 Å². The van der Waals surface area contributed by atoms with E-state index >= 15 is 0 Å². The molecule has 0 saturated carbocycles. The minimum absolute atomic E-state index is 0.182. The molecule has 1 atom stereocenters. The molecule has 0 aliphatic carbocycles. The quantitative estimate of drug-likeness (QED) is 0.894. The Morgan fingerprint density at radius 2 is 2.26 bits per heavy atom. The Kier molecular flexibility index (Phi) is 3.57. The van der Waals surface area contributed by atoms with Gasteiger partial charge in [0.25, 0.3) is 0 Å². The van der Waals surface area contributed by atoms with E-state index in [2.05, 4.69) is 27.1 Å². The number of hydrogen-bond acceptors (Lipinski definition) is 4. The maximum absolute atomic E-state index is 9.59. The molecule has 100 valence electrons. The first kappa shape index (κ1) is 12.3. The normalized spacial score (nSPS) is 19.9. The highest BCUT2D eigenvalue weighted by atomic mass is 16.3. The topological polar surface area (TPSA) is 54.2 Å². The lowest BCUT2D eigenvalue weighted by Crippen LogP contribution is -2.36. The lowest BCUT2D eigenvalue weighted by Gasteiger charge is -2.27. The molecule has 0 spiro atoms. The molecule has 0 radical (unpaired) electrons. The van der Waals surface area contributed by atoms with E-state index in [1.54, 1.807) is 6.20 Å². The standard InChI is InChI=1S/C14H18N4O/c19-11-14-4-7-18-13(3-6-16-18)10-17(14)9-12-2-1-5-15-8-12/h1-3,5-6,8,14,19H,4,7,9-11H2/t14-/m1/s1. The number of fused-ring (bicyclic) bond motifs is 1. The maximum atomic E-state index is 9.59. The molecule has 2 aromatic rings. The number of pyridine rings is 1. The molecule has 19 heavy (non-hydrogen) atoms. The third-order valence-electron chi connectivity index (χ3n) is 3.68. The number of aliphatic hydroxyl groups is 1. The largest absolute Gasteiger partial charge is 0.395 e. The Bertz CT molecular complexity index is 525. The summed E-state index contributed by atoms with van der Waals surface area (Å²) in [5.74, 6) is 0. The second-order valence-electron chi connectivity index (χ2n) is 4.94. The summed E-state index contributed by atoms with van der Waals surface area (Å²) >= 11 is 0. The summed E-state index contributed by atoms with van der Waals surface area (Å²) in [5, 5.41) is 13.9. The van der Waals surface area contributed by atoms with Crippen molar-refractivity contribution in [2.24, 2.45) is 0 Å². The molecule has 0 saturated heterocycles. The molecule has 0 aromatic carbocycles. The summed E-state index contributed by atoms with van der Waals surface area (Å²) in [5.41, 5.74) is 2.38. The van der Waals surface area contributed by atoms with Gasteiger partial charge in [-0.15, -0.1) is 0 Å². The second-order valence-corrected chi connectivity index (χ2v) is 4.94. The fraction of sp³-hybridized carbons (Fsp3) is 0.429. The maximum Gasteiger partial charge on any atom is 0.0587 e. The van der Waals surface area contributed by atoms with Crippen molar-refractivity contribution >= 4 is 0 Å². The van der Waals surface area contributed by atoms with Crippen molar-refractivity contribution in [1.82, 2.24) is 19.7 Å². The first-order chi connectivity index (χ1) is 9.36. The third kappa shape index (κ3) is 2.67. The molecule has 3 rings (SSSR count). The van der Waals surface area contributed by atoms with E-state index in [1.165, 1.54) is 11.3 Å². The van der Waals surface area contributed by atoms with Crippen LogP contribution in [0.25, 0.3) is 0 Å². The predicted molar refractivity (Wildman–Crippen MR) is 71.2 cm³/mol. The van der Waals surface area contributed by atoms with Gasteiger partial charge in [0.05, 0.1) is 12.3 Å². The van der Waals surface area contributed by atoms with Gasteiger partial charge in [-0.05, 0) is 24.1 Å². The average Bonchev–Trinajstić information content (AvgIpc) is 2.81. The summed E-state index contributed by atoms with van der Waals surface area (Å²) in [6.07, 6.45) is 6.43. The highest BCUT2D eigenvalue weighted by molar-refractivity contribution is 5.10. The first-order valence-electron chi connectivity index (χ1n) is 6.61. The van der Waals surface area contributed by atoms with Crippen LogP contribution in [0.2, 0.25) is 0 Å². The number of aliphatic hydroxyl groups excluding tert-OH is 1. The monoisotopic (exact) mass is 258 g/mol. The lowest BCUT2D eigenvalue weighted by atomic mass is 10.1. The van der Waals surface area contributed by atoms with E-state index in [0.717, 1.165) is 26.1 Å². The molecule has 3 heterocycles. The Morgan fingerprint density at radius 1 is 1.32 bits per heavy atom. The molecule has 1 N–H and O–H groups in total. The summed E-state index contributed by atoms with van der Waals surface area (Å²) in [6.45, 7) is 2.69. The van der Waals surface area contributed by atoms with Crippen LogP contribution >= 0.6 is 0 Å². The number of hydrogen-bond donors (Lipinski definition) is 1. The van der Waals surface area contributed by atoms with Crippen molar-refractivity contribution in [3.05, 3.63) is 48.0 Å². The second kappa shape index (κ2) is 5.50. The highest BCUT2D eigenvalue weighted by Gasteiger charge is 2.23. The molecular formula is C14H18N4O. The molecule has 0 fully saturated rings. The molecule has 5 heteroatoms. The summed E-state index contributed by atoms with van der Waals surface area (Å²) in [7, 11) is 0. The van der Waals surface area contributed by atoms with E-state index in [9.17, 15) is 5.11 Å². The SMILES string of the molecule is OC[C@H]1CCn2nccc2CN1Cc1cccnc1. The highest BCUT2D eigenvalue weighted by Crippen LogP contribution is 2.19. The van der Waals surface area contributed by atoms with Crippen molar-refractivity contribution in [3.8, 4) is 0 Å². The number of nitrogens with zero attached hydrogens (tertiary/aromatic N) is 4. The van der Waals surface area contributed by atoms with Gasteiger partial charge in [-0.2, -0.15) is 5.10 Å². The Hall–Kier alpha value is -1.72. The smallest absolute Gasteiger partial charge is 0.0587 e. The third-order valence-corrected chi connectivity index (χ3v) is 3.68. The van der Waals surface area contributed by atoms with Crippen molar-refractivity contribution in [3.63, 3.8) is 0 Å². The van der Waals surface area contributed by atoms with Crippen LogP contribution in [0.3, 0.4) is 0 Å². The van der Waals surface area contributed by atoms with Crippen LogP contribution in [-0.4, -0.2) is 37.4 Å². The van der Waals surface area contributed by atoms with Crippen LogP contribution in [0, 0.1) is 0 Å². The molecule has 0 amide bonds. The zero-order chi connectivity index (χ0) is 13.1. The van der Waals surface area contributed by atoms with Crippen molar-refractivity contribution in [2.75, 3.05) is 6.61 Å². The molecule has 1 aliphatic heterocycles. The van der Waals surface area contributed by atoms with Gasteiger partial charge in [0.1, 0.15) is 0 Å². The van der Waals surface area contributed by atoms with Crippen LogP contribution < -0.4 is 0 Å². The predicted octanol–water partition coefficient (Wildman–Crippen LogP) is 1.04. The van der Waals surface area contributed by atoms with Crippen molar-refractivity contribution in [2.45, 2.75) is 32.1 Å². The molecular weight excluding hydrogens is 240 g/mol. The minimum atomic E-state index is 0.182.